The summed E-state index contributed by atoms with van der Waals surface area (Å²) in [5.41, 5.74) is 8.15. The number of carbonyl (C=O) groups is 1. The molecular weight excluding hydrogens is 291 g/mol. The first-order valence-corrected chi connectivity index (χ1v) is 6.89. The molecule has 0 spiro atoms. The Hall–Kier alpha value is -2.07. The van der Waals surface area contributed by atoms with E-state index in [1.165, 1.54) is 12.1 Å². The Morgan fingerprint density at radius 2 is 2.05 bits per heavy atom. The molecule has 2 rings (SSSR count). The third kappa shape index (κ3) is 3.34. The van der Waals surface area contributed by atoms with Crippen molar-refractivity contribution < 1.29 is 9.18 Å². The number of rotatable bonds is 4. The Labute approximate surface area is 127 Å². The fourth-order valence-corrected chi connectivity index (χ4v) is 2.55. The highest BCUT2D eigenvalue weighted by molar-refractivity contribution is 6.31. The lowest BCUT2D eigenvalue weighted by Crippen LogP contribution is -2.15. The van der Waals surface area contributed by atoms with Crippen LogP contribution in [0.2, 0.25) is 5.02 Å². The van der Waals surface area contributed by atoms with Gasteiger partial charge in [0, 0.05) is 16.3 Å². The average Bonchev–Trinajstić information content (AvgIpc) is 2.40. The van der Waals surface area contributed by atoms with Gasteiger partial charge in [-0.3, -0.25) is 4.79 Å². The number of anilines is 1. The molecule has 0 fully saturated rings. The van der Waals surface area contributed by atoms with Crippen molar-refractivity contribution in [2.75, 3.05) is 5.32 Å². The highest BCUT2D eigenvalue weighted by Gasteiger charge is 2.13. The van der Waals surface area contributed by atoms with Gasteiger partial charge in [0.2, 0.25) is 5.91 Å². The lowest BCUT2D eigenvalue weighted by molar-refractivity contribution is 0.1000. The Kier molecular flexibility index (Phi) is 4.48. The summed E-state index contributed by atoms with van der Waals surface area (Å²) >= 11 is 6.06. The molecule has 0 aliphatic heterocycles. The first-order chi connectivity index (χ1) is 9.90. The maximum Gasteiger partial charge on any atom is 0.249 e. The van der Waals surface area contributed by atoms with Crippen molar-refractivity contribution in [1.82, 2.24) is 0 Å². The van der Waals surface area contributed by atoms with Crippen LogP contribution in [0.5, 0.6) is 0 Å². The average molecular weight is 307 g/mol. The Bertz CT molecular complexity index is 688. The van der Waals surface area contributed by atoms with Gasteiger partial charge < -0.3 is 11.1 Å². The van der Waals surface area contributed by atoms with E-state index in [0.29, 0.717) is 10.6 Å². The van der Waals surface area contributed by atoms with Crippen LogP contribution in [0.4, 0.5) is 10.1 Å². The van der Waals surface area contributed by atoms with Crippen LogP contribution in [0, 0.1) is 12.7 Å². The third-order valence-electron chi connectivity index (χ3n) is 3.40. The Morgan fingerprint density at radius 3 is 2.67 bits per heavy atom. The van der Waals surface area contributed by atoms with Gasteiger partial charge in [-0.25, -0.2) is 4.39 Å². The highest BCUT2D eigenvalue weighted by atomic mass is 35.5. The maximum atomic E-state index is 13.1. The van der Waals surface area contributed by atoms with Crippen LogP contribution in [0.15, 0.2) is 36.4 Å². The minimum Gasteiger partial charge on any atom is -0.378 e. The molecule has 110 valence electrons. The Balaban J connectivity index is 2.29. The van der Waals surface area contributed by atoms with Gasteiger partial charge in [-0.1, -0.05) is 23.7 Å². The molecule has 0 aliphatic carbocycles. The lowest BCUT2D eigenvalue weighted by atomic mass is 10.0. The van der Waals surface area contributed by atoms with E-state index in [-0.39, 0.29) is 11.9 Å². The second-order valence-electron chi connectivity index (χ2n) is 4.87. The SMILES string of the molecule is Cc1c(NC(C)c2ccc(F)cc2Cl)cccc1C(N)=O. The van der Waals surface area contributed by atoms with Crippen molar-refractivity contribution in [3.63, 3.8) is 0 Å². The van der Waals surface area contributed by atoms with Gasteiger partial charge >= 0.3 is 0 Å². The summed E-state index contributed by atoms with van der Waals surface area (Å²) in [6.45, 7) is 3.73. The van der Waals surface area contributed by atoms with E-state index in [1.54, 1.807) is 18.2 Å². The van der Waals surface area contributed by atoms with Gasteiger partial charge in [-0.2, -0.15) is 0 Å². The summed E-state index contributed by atoms with van der Waals surface area (Å²) in [6, 6.07) is 9.44. The van der Waals surface area contributed by atoms with Crippen molar-refractivity contribution in [3.8, 4) is 0 Å². The van der Waals surface area contributed by atoms with E-state index >= 15 is 0 Å². The largest absolute Gasteiger partial charge is 0.378 e. The summed E-state index contributed by atoms with van der Waals surface area (Å²) in [7, 11) is 0. The van der Waals surface area contributed by atoms with E-state index in [2.05, 4.69) is 5.32 Å². The van der Waals surface area contributed by atoms with E-state index < -0.39 is 5.91 Å². The van der Waals surface area contributed by atoms with E-state index in [0.717, 1.165) is 16.8 Å². The summed E-state index contributed by atoms with van der Waals surface area (Å²) in [5.74, 6) is -0.841. The lowest BCUT2D eigenvalue weighted by Gasteiger charge is -2.19. The van der Waals surface area contributed by atoms with Crippen molar-refractivity contribution in [1.29, 1.82) is 0 Å². The second-order valence-corrected chi connectivity index (χ2v) is 5.28. The molecule has 0 heterocycles. The smallest absolute Gasteiger partial charge is 0.249 e. The van der Waals surface area contributed by atoms with Crippen LogP contribution >= 0.6 is 11.6 Å². The van der Waals surface area contributed by atoms with Crippen LogP contribution < -0.4 is 11.1 Å². The third-order valence-corrected chi connectivity index (χ3v) is 3.73. The van der Waals surface area contributed by atoms with Crippen molar-refractivity contribution in [2.24, 2.45) is 5.73 Å². The number of nitrogens with one attached hydrogen (secondary N) is 1. The molecule has 0 bridgehead atoms. The van der Waals surface area contributed by atoms with E-state index in [9.17, 15) is 9.18 Å². The summed E-state index contributed by atoms with van der Waals surface area (Å²) in [6.07, 6.45) is 0. The minimum absolute atomic E-state index is 0.139. The molecule has 2 aromatic rings. The number of hydrogen-bond donors (Lipinski definition) is 2. The molecule has 0 radical (unpaired) electrons. The summed E-state index contributed by atoms with van der Waals surface area (Å²) < 4.78 is 13.1. The molecule has 3 nitrogen and oxygen atoms in total. The molecule has 0 aromatic heterocycles. The zero-order valence-corrected chi connectivity index (χ0v) is 12.5. The number of halogens is 2. The molecule has 1 atom stereocenters. The number of hydrogen-bond acceptors (Lipinski definition) is 2. The van der Waals surface area contributed by atoms with Crippen LogP contribution in [0.1, 0.15) is 34.5 Å². The molecule has 3 N–H and O–H groups in total. The van der Waals surface area contributed by atoms with Crippen LogP contribution in [0.3, 0.4) is 0 Å². The van der Waals surface area contributed by atoms with E-state index in [1.807, 2.05) is 19.9 Å². The molecular formula is C16H16ClFN2O. The van der Waals surface area contributed by atoms with Crippen molar-refractivity contribution in [2.45, 2.75) is 19.9 Å². The number of carbonyl (C=O) groups excluding carboxylic acids is 1. The van der Waals surface area contributed by atoms with Crippen LogP contribution in [-0.2, 0) is 0 Å². The zero-order chi connectivity index (χ0) is 15.6. The molecule has 1 amide bonds. The second kappa shape index (κ2) is 6.14. The molecule has 1 unspecified atom stereocenters. The predicted octanol–water partition coefficient (Wildman–Crippen LogP) is 4.06. The number of primary amides is 1. The molecule has 0 saturated heterocycles. The van der Waals surface area contributed by atoms with Crippen molar-refractivity contribution >= 4 is 23.2 Å². The Morgan fingerprint density at radius 1 is 1.33 bits per heavy atom. The first kappa shape index (κ1) is 15.3. The fraction of sp³-hybridized carbons (Fsp3) is 0.188. The van der Waals surface area contributed by atoms with Gasteiger partial charge in [0.25, 0.3) is 0 Å². The summed E-state index contributed by atoms with van der Waals surface area (Å²) in [4.78, 5) is 11.4. The summed E-state index contributed by atoms with van der Waals surface area (Å²) in [5, 5.41) is 3.63. The fourth-order valence-electron chi connectivity index (χ4n) is 2.22. The van der Waals surface area contributed by atoms with Crippen LogP contribution in [0.25, 0.3) is 0 Å². The topological polar surface area (TPSA) is 55.1 Å². The maximum absolute atomic E-state index is 13.1. The van der Waals surface area contributed by atoms with E-state index in [4.69, 9.17) is 17.3 Å². The highest BCUT2D eigenvalue weighted by Crippen LogP contribution is 2.28. The number of amides is 1. The van der Waals surface area contributed by atoms with Crippen LogP contribution in [-0.4, -0.2) is 5.91 Å². The number of nitrogens with two attached hydrogens (primary N) is 1. The van der Waals surface area contributed by atoms with Gasteiger partial charge in [0.1, 0.15) is 5.82 Å². The predicted molar refractivity (Wildman–Crippen MR) is 83.1 cm³/mol. The standard InChI is InChI=1S/C16H16ClFN2O/c1-9-12(16(19)21)4-3-5-15(9)20-10(2)13-7-6-11(18)8-14(13)17/h3-8,10,20H,1-2H3,(H2,19,21). The molecule has 5 heteroatoms. The molecule has 0 saturated carbocycles. The molecule has 21 heavy (non-hydrogen) atoms. The molecule has 0 aliphatic rings. The first-order valence-electron chi connectivity index (χ1n) is 6.51. The minimum atomic E-state index is -0.469. The monoisotopic (exact) mass is 306 g/mol. The zero-order valence-electron chi connectivity index (χ0n) is 11.8. The van der Waals surface area contributed by atoms with Gasteiger partial charge in [-0.15, -0.1) is 0 Å². The number of benzene rings is 2. The van der Waals surface area contributed by atoms with Gasteiger partial charge in [0.05, 0.1) is 6.04 Å². The van der Waals surface area contributed by atoms with Gasteiger partial charge in [0.15, 0.2) is 0 Å². The van der Waals surface area contributed by atoms with Crippen molar-refractivity contribution in [3.05, 3.63) is 63.9 Å². The molecule has 2 aromatic carbocycles. The quantitative estimate of drug-likeness (QED) is 0.895. The van der Waals surface area contributed by atoms with Gasteiger partial charge in [-0.05, 0) is 49.2 Å². The normalized spacial score (nSPS) is 12.0.